The molecule has 7 nitrogen and oxygen atoms in total. The normalized spacial score (nSPS) is 22.2. The summed E-state index contributed by atoms with van der Waals surface area (Å²) in [6.45, 7) is 2.49. The minimum Gasteiger partial charge on any atom is -0.393 e. The number of aromatic nitrogens is 3. The second-order valence-electron chi connectivity index (χ2n) is 7.67. The maximum absolute atomic E-state index is 11.1. The molecule has 2 aromatic heterocycles. The summed E-state index contributed by atoms with van der Waals surface area (Å²) in [5, 5.41) is 9.96. The molecule has 2 N–H and O–H groups in total. The van der Waals surface area contributed by atoms with Crippen LogP contribution in [0.4, 0.5) is 5.82 Å². The molecule has 1 amide bonds. The van der Waals surface area contributed by atoms with Gasteiger partial charge in [0.25, 0.3) is 0 Å². The van der Waals surface area contributed by atoms with Crippen molar-refractivity contribution in [3.63, 3.8) is 0 Å². The maximum Gasteiger partial charge on any atom is 0.210 e. The lowest BCUT2D eigenvalue weighted by atomic mass is 9.98. The molecule has 26 heavy (non-hydrogen) atoms. The van der Waals surface area contributed by atoms with Gasteiger partial charge in [-0.1, -0.05) is 19.3 Å². The highest BCUT2D eigenvalue weighted by Crippen LogP contribution is 2.44. The van der Waals surface area contributed by atoms with Gasteiger partial charge < -0.3 is 19.9 Å². The first-order valence-corrected chi connectivity index (χ1v) is 9.65. The summed E-state index contributed by atoms with van der Waals surface area (Å²) in [6.07, 6.45) is 12.6. The van der Waals surface area contributed by atoms with Crippen LogP contribution in [0.3, 0.4) is 0 Å². The van der Waals surface area contributed by atoms with E-state index in [0.717, 1.165) is 68.6 Å². The van der Waals surface area contributed by atoms with Gasteiger partial charge in [0.15, 0.2) is 0 Å². The Morgan fingerprint density at radius 2 is 2.00 bits per heavy atom. The third-order valence-corrected chi connectivity index (χ3v) is 5.87. The summed E-state index contributed by atoms with van der Waals surface area (Å²) in [5.74, 6) is 0.975. The van der Waals surface area contributed by atoms with Crippen LogP contribution in [0.2, 0.25) is 0 Å². The topological polar surface area (TPSA) is 85.4 Å². The molecule has 3 heterocycles. The molecule has 0 unspecified atom stereocenters. The molecule has 7 heteroatoms. The molecule has 0 radical (unpaired) electrons. The Kier molecular flexibility index (Phi) is 4.80. The van der Waals surface area contributed by atoms with E-state index < -0.39 is 0 Å². The fraction of sp³-hybridized carbons (Fsp3) is 0.632. The van der Waals surface area contributed by atoms with Crippen LogP contribution in [0.15, 0.2) is 18.6 Å². The Bertz CT molecular complexity index is 751. The molecule has 0 bridgehead atoms. The smallest absolute Gasteiger partial charge is 0.210 e. The van der Waals surface area contributed by atoms with Crippen LogP contribution in [0, 0.1) is 0 Å². The van der Waals surface area contributed by atoms with Crippen molar-refractivity contribution >= 4 is 23.3 Å². The van der Waals surface area contributed by atoms with E-state index in [1.807, 2.05) is 17.2 Å². The molecule has 2 saturated carbocycles. The third kappa shape index (κ3) is 3.40. The molecule has 1 saturated heterocycles. The molecule has 3 fully saturated rings. The van der Waals surface area contributed by atoms with Crippen LogP contribution < -0.4 is 4.90 Å². The number of aromatic amines is 1. The van der Waals surface area contributed by atoms with Crippen LogP contribution in [0.1, 0.15) is 44.9 Å². The van der Waals surface area contributed by atoms with Gasteiger partial charge in [0.05, 0.1) is 17.0 Å². The van der Waals surface area contributed by atoms with Crippen molar-refractivity contribution in [2.24, 2.45) is 0 Å². The zero-order valence-electron chi connectivity index (χ0n) is 15.1. The van der Waals surface area contributed by atoms with Crippen LogP contribution in [-0.2, 0) is 4.79 Å². The summed E-state index contributed by atoms with van der Waals surface area (Å²) >= 11 is 0. The number of aliphatic hydroxyl groups is 1. The fourth-order valence-corrected chi connectivity index (χ4v) is 4.12. The SMILES string of the molecule is O=CN1CCN(c2ncnc3[nH]ccc23)CC12CC2.OC1CCCCC1. The van der Waals surface area contributed by atoms with Crippen molar-refractivity contribution < 1.29 is 9.90 Å². The Hall–Kier alpha value is -2.15. The summed E-state index contributed by atoms with van der Waals surface area (Å²) < 4.78 is 0. The molecule has 2 aliphatic carbocycles. The molecule has 3 aliphatic rings. The monoisotopic (exact) mass is 357 g/mol. The number of nitrogens with zero attached hydrogens (tertiary/aromatic N) is 4. The summed E-state index contributed by atoms with van der Waals surface area (Å²) in [7, 11) is 0. The predicted octanol–water partition coefficient (Wildman–Crippen LogP) is 2.08. The average Bonchev–Trinajstić information content (AvgIpc) is 3.26. The number of carbonyl (C=O) groups is 1. The number of nitrogens with one attached hydrogen (secondary N) is 1. The van der Waals surface area contributed by atoms with E-state index >= 15 is 0 Å². The number of hydrogen-bond donors (Lipinski definition) is 2. The van der Waals surface area contributed by atoms with Gasteiger partial charge in [0, 0.05) is 25.8 Å². The highest BCUT2D eigenvalue weighted by Gasteiger charge is 2.51. The first-order valence-electron chi connectivity index (χ1n) is 9.65. The van der Waals surface area contributed by atoms with Crippen molar-refractivity contribution in [2.45, 2.75) is 56.6 Å². The van der Waals surface area contributed by atoms with Crippen molar-refractivity contribution in [1.29, 1.82) is 0 Å². The van der Waals surface area contributed by atoms with E-state index in [2.05, 4.69) is 19.9 Å². The molecule has 1 spiro atoms. The second kappa shape index (κ2) is 7.23. The number of anilines is 1. The summed E-state index contributed by atoms with van der Waals surface area (Å²) in [4.78, 5) is 27.1. The van der Waals surface area contributed by atoms with E-state index in [1.165, 1.54) is 19.3 Å². The first kappa shape index (κ1) is 17.3. The lowest BCUT2D eigenvalue weighted by Crippen LogP contribution is -2.54. The second-order valence-corrected chi connectivity index (χ2v) is 7.67. The van der Waals surface area contributed by atoms with Crippen molar-refractivity contribution in [3.05, 3.63) is 18.6 Å². The number of aliphatic hydroxyl groups excluding tert-OH is 1. The van der Waals surface area contributed by atoms with E-state index in [1.54, 1.807) is 6.33 Å². The zero-order valence-corrected chi connectivity index (χ0v) is 15.1. The number of fused-ring (bicyclic) bond motifs is 1. The molecular weight excluding hydrogens is 330 g/mol. The molecule has 140 valence electrons. The van der Waals surface area contributed by atoms with Crippen LogP contribution in [-0.4, -0.2) is 62.6 Å². The average molecular weight is 357 g/mol. The molecule has 0 aromatic carbocycles. The standard InChI is InChI=1S/C13H15N5O.C6H12O/c19-9-18-6-5-17(7-13(18)2-3-13)12-10-1-4-14-11(10)15-8-16-12;7-6-4-2-1-3-5-6/h1,4,8-9H,2-3,5-7H2,(H,14,15,16);6-7H,1-5H2. The van der Waals surface area contributed by atoms with Crippen molar-refractivity contribution in [2.75, 3.05) is 24.5 Å². The van der Waals surface area contributed by atoms with Gasteiger partial charge in [0.1, 0.15) is 17.8 Å². The lowest BCUT2D eigenvalue weighted by Gasteiger charge is -2.40. The highest BCUT2D eigenvalue weighted by atomic mass is 16.3. The maximum atomic E-state index is 11.1. The molecule has 5 rings (SSSR count). The molecule has 1 aliphatic heterocycles. The predicted molar refractivity (Wildman–Crippen MR) is 99.9 cm³/mol. The first-order chi connectivity index (χ1) is 12.7. The largest absolute Gasteiger partial charge is 0.393 e. The highest BCUT2D eigenvalue weighted by molar-refractivity contribution is 5.87. The number of hydrogen-bond acceptors (Lipinski definition) is 5. The van der Waals surface area contributed by atoms with Crippen molar-refractivity contribution in [3.8, 4) is 0 Å². The minimum atomic E-state index is 0.0359. The van der Waals surface area contributed by atoms with Gasteiger partial charge in [-0.15, -0.1) is 0 Å². The van der Waals surface area contributed by atoms with Crippen LogP contribution in [0.5, 0.6) is 0 Å². The lowest BCUT2D eigenvalue weighted by molar-refractivity contribution is -0.121. The van der Waals surface area contributed by atoms with E-state index in [9.17, 15) is 4.79 Å². The van der Waals surface area contributed by atoms with Gasteiger partial charge in [-0.25, -0.2) is 9.97 Å². The van der Waals surface area contributed by atoms with Gasteiger partial charge in [-0.2, -0.15) is 0 Å². The number of amides is 1. The third-order valence-electron chi connectivity index (χ3n) is 5.87. The van der Waals surface area contributed by atoms with E-state index in [-0.39, 0.29) is 11.6 Å². The van der Waals surface area contributed by atoms with Crippen molar-refractivity contribution in [1.82, 2.24) is 19.9 Å². The Balaban J connectivity index is 0.000000204. The van der Waals surface area contributed by atoms with Gasteiger partial charge in [-0.3, -0.25) is 4.79 Å². The molecule has 2 aromatic rings. The quantitative estimate of drug-likeness (QED) is 0.804. The van der Waals surface area contributed by atoms with Gasteiger partial charge in [0.2, 0.25) is 6.41 Å². The van der Waals surface area contributed by atoms with E-state index in [0.29, 0.717) is 0 Å². The van der Waals surface area contributed by atoms with Crippen LogP contribution in [0.25, 0.3) is 11.0 Å². The number of piperazine rings is 1. The summed E-state index contributed by atoms with van der Waals surface area (Å²) in [5.41, 5.74) is 0.931. The molecular formula is C19H27N5O2. The van der Waals surface area contributed by atoms with Gasteiger partial charge in [-0.05, 0) is 31.7 Å². The van der Waals surface area contributed by atoms with Crippen LogP contribution >= 0.6 is 0 Å². The Morgan fingerprint density at radius 3 is 2.65 bits per heavy atom. The Morgan fingerprint density at radius 1 is 1.19 bits per heavy atom. The number of carbonyl (C=O) groups excluding carboxylic acids is 1. The summed E-state index contributed by atoms with van der Waals surface area (Å²) in [6, 6.07) is 2.01. The van der Waals surface area contributed by atoms with E-state index in [4.69, 9.17) is 5.11 Å². The molecule has 0 atom stereocenters. The number of H-pyrrole nitrogens is 1. The minimum absolute atomic E-state index is 0.0359. The number of rotatable bonds is 2. The zero-order chi connectivity index (χ0) is 18.0. The fourth-order valence-electron chi connectivity index (χ4n) is 4.12. The van der Waals surface area contributed by atoms with Gasteiger partial charge >= 0.3 is 0 Å². The Labute approximate surface area is 153 Å².